The fraction of sp³-hybridized carbons (Fsp3) is 0.312. The summed E-state index contributed by atoms with van der Waals surface area (Å²) in [6.45, 7) is 8.48. The molecule has 0 radical (unpaired) electrons. The molecule has 0 N–H and O–H groups in total. The number of hydrogen-bond donors (Lipinski definition) is 0. The van der Waals surface area contributed by atoms with Crippen molar-refractivity contribution in [3.63, 3.8) is 0 Å². The molecule has 0 saturated carbocycles. The van der Waals surface area contributed by atoms with E-state index in [2.05, 4.69) is 29.9 Å². The first-order chi connectivity index (χ1) is 10.8. The topological polar surface area (TPSA) is 69.6 Å². The zero-order valence-electron chi connectivity index (χ0n) is 13.9. The normalized spacial score (nSPS) is 11.9. The fourth-order valence-corrected chi connectivity index (χ4v) is 3.28. The molecule has 0 bridgehead atoms. The van der Waals surface area contributed by atoms with Gasteiger partial charge in [-0.3, -0.25) is 0 Å². The van der Waals surface area contributed by atoms with Gasteiger partial charge in [0.25, 0.3) is 0 Å². The van der Waals surface area contributed by atoms with Crippen molar-refractivity contribution in [2.45, 2.75) is 26.6 Å². The number of carbonyl (C=O) groups excluding carboxylic acids is 1. The molecular weight excluding hydrogens is 310 g/mol. The van der Waals surface area contributed by atoms with Crippen LogP contribution in [0.5, 0.6) is 0 Å². The number of carbonyl (C=O) groups is 1. The van der Waals surface area contributed by atoms with E-state index in [0.717, 1.165) is 16.6 Å². The van der Waals surface area contributed by atoms with Gasteiger partial charge in [-0.2, -0.15) is 5.10 Å². The fourth-order valence-electron chi connectivity index (χ4n) is 2.39. The summed E-state index contributed by atoms with van der Waals surface area (Å²) in [5.74, 6) is -0.387. The summed E-state index contributed by atoms with van der Waals surface area (Å²) >= 11 is 0. The summed E-state index contributed by atoms with van der Waals surface area (Å²) in [6.07, 6.45) is 0. The molecule has 3 aromatic heterocycles. The van der Waals surface area contributed by atoms with Gasteiger partial charge in [-0.25, -0.2) is 9.31 Å². The molecule has 0 aliphatic carbocycles. The second-order valence-electron chi connectivity index (χ2n) is 6.57. The van der Waals surface area contributed by atoms with Gasteiger partial charge in [0, 0.05) is 6.07 Å². The third kappa shape index (κ3) is 2.79. The lowest BCUT2D eigenvalue weighted by Crippen LogP contribution is -2.36. The summed E-state index contributed by atoms with van der Waals surface area (Å²) < 4.78 is 12.1. The second-order valence-corrected chi connectivity index (χ2v) is 11.6. The van der Waals surface area contributed by atoms with Crippen LogP contribution in [0.15, 0.2) is 28.8 Å². The van der Waals surface area contributed by atoms with E-state index < -0.39 is 8.07 Å². The van der Waals surface area contributed by atoms with Crippen LogP contribution in [0, 0.1) is 6.92 Å². The molecule has 23 heavy (non-hydrogen) atoms. The number of methoxy groups -OCH3 is 1. The largest absolute Gasteiger partial charge is 0.465 e. The molecule has 6 nitrogen and oxygen atoms in total. The van der Waals surface area contributed by atoms with Gasteiger partial charge in [0.1, 0.15) is 19.2 Å². The molecular formula is C16H19N3O3Si. The summed E-state index contributed by atoms with van der Waals surface area (Å²) in [6, 6.07) is 7.35. The number of nitrogens with zero attached hydrogens (tertiary/aromatic N) is 3. The maximum Gasteiger partial charge on any atom is 0.338 e. The molecule has 0 atom stereocenters. The van der Waals surface area contributed by atoms with Crippen molar-refractivity contribution in [3.05, 3.63) is 35.5 Å². The van der Waals surface area contributed by atoms with Gasteiger partial charge in [0.05, 0.1) is 29.6 Å². The van der Waals surface area contributed by atoms with Crippen LogP contribution in [-0.4, -0.2) is 35.9 Å². The lowest BCUT2D eigenvalue weighted by molar-refractivity contribution is 0.0601. The van der Waals surface area contributed by atoms with Gasteiger partial charge in [0.2, 0.25) is 0 Å². The van der Waals surface area contributed by atoms with E-state index >= 15 is 0 Å². The van der Waals surface area contributed by atoms with Gasteiger partial charge < -0.3 is 9.26 Å². The van der Waals surface area contributed by atoms with Crippen LogP contribution in [0.25, 0.3) is 16.9 Å². The number of fused-ring (bicyclic) bond motifs is 1. The molecule has 120 valence electrons. The lowest BCUT2D eigenvalue weighted by atomic mass is 10.1. The number of esters is 1. The zero-order valence-corrected chi connectivity index (χ0v) is 14.9. The molecule has 0 aliphatic heterocycles. The minimum Gasteiger partial charge on any atom is -0.465 e. The highest BCUT2D eigenvalue weighted by Crippen LogP contribution is 2.23. The Morgan fingerprint density at radius 2 is 1.96 bits per heavy atom. The maximum atomic E-state index is 11.9. The first-order valence-electron chi connectivity index (χ1n) is 7.36. The van der Waals surface area contributed by atoms with Crippen molar-refractivity contribution in [2.75, 3.05) is 7.11 Å². The number of ether oxygens (including phenoxy) is 1. The minimum atomic E-state index is -1.60. The molecule has 3 heterocycles. The quantitative estimate of drug-likeness (QED) is 0.546. The van der Waals surface area contributed by atoms with Crippen molar-refractivity contribution < 1.29 is 14.1 Å². The molecule has 0 saturated heterocycles. The van der Waals surface area contributed by atoms with Gasteiger partial charge >= 0.3 is 5.97 Å². The third-order valence-electron chi connectivity index (χ3n) is 3.62. The Kier molecular flexibility index (Phi) is 3.60. The number of hydrogen-bond acceptors (Lipinski definition) is 5. The maximum absolute atomic E-state index is 11.9. The first kappa shape index (κ1) is 15.5. The van der Waals surface area contributed by atoms with Gasteiger partial charge in [0.15, 0.2) is 0 Å². The Hall–Kier alpha value is -2.41. The van der Waals surface area contributed by atoms with Crippen molar-refractivity contribution in [1.29, 1.82) is 0 Å². The summed E-state index contributed by atoms with van der Waals surface area (Å²) in [5.41, 5.74) is 3.53. The number of rotatable bonds is 3. The Morgan fingerprint density at radius 3 is 2.57 bits per heavy atom. The number of aromatic nitrogens is 3. The van der Waals surface area contributed by atoms with Crippen LogP contribution >= 0.6 is 0 Å². The summed E-state index contributed by atoms with van der Waals surface area (Å²) in [7, 11) is -0.232. The molecule has 0 spiro atoms. The van der Waals surface area contributed by atoms with Crippen LogP contribution in [0.1, 0.15) is 16.1 Å². The highest BCUT2D eigenvalue weighted by Gasteiger charge is 2.24. The van der Waals surface area contributed by atoms with Crippen LogP contribution in [0.4, 0.5) is 0 Å². The van der Waals surface area contributed by atoms with E-state index in [0.29, 0.717) is 17.0 Å². The van der Waals surface area contributed by atoms with E-state index in [9.17, 15) is 4.79 Å². The Morgan fingerprint density at radius 1 is 1.22 bits per heavy atom. The Labute approximate surface area is 135 Å². The average Bonchev–Trinajstić information content (AvgIpc) is 3.10. The van der Waals surface area contributed by atoms with E-state index in [1.807, 2.05) is 19.1 Å². The smallest absolute Gasteiger partial charge is 0.338 e. The third-order valence-corrected chi connectivity index (χ3v) is 5.33. The van der Waals surface area contributed by atoms with Gasteiger partial charge in [-0.1, -0.05) is 24.8 Å². The SMILES string of the molecule is COC(=O)c1cc(-c2cc([Si](C)(C)C)on2)n2nc(C)cc2c1. The van der Waals surface area contributed by atoms with Crippen molar-refractivity contribution in [3.8, 4) is 11.4 Å². The van der Waals surface area contributed by atoms with E-state index in [4.69, 9.17) is 9.26 Å². The molecule has 0 aliphatic rings. The molecule has 0 amide bonds. The van der Waals surface area contributed by atoms with Crippen LogP contribution in [0.2, 0.25) is 19.6 Å². The number of pyridine rings is 1. The molecule has 0 unspecified atom stereocenters. The van der Waals surface area contributed by atoms with Gasteiger partial charge in [-0.05, 0) is 25.1 Å². The van der Waals surface area contributed by atoms with Crippen LogP contribution < -0.4 is 5.38 Å². The molecule has 7 heteroatoms. The van der Waals surface area contributed by atoms with E-state index in [-0.39, 0.29) is 5.97 Å². The molecule has 0 fully saturated rings. The summed E-state index contributed by atoms with van der Waals surface area (Å²) in [4.78, 5) is 11.9. The Bertz CT molecular complexity index is 890. The standard InChI is InChI=1S/C16H19N3O3Si/c1-10-6-12-7-11(16(20)21-2)8-14(19(12)17-10)13-9-15(22-18-13)23(3,4)5/h6-9H,1-5H3. The van der Waals surface area contributed by atoms with Crippen LogP contribution in [0.3, 0.4) is 0 Å². The Balaban J connectivity index is 2.22. The highest BCUT2D eigenvalue weighted by molar-refractivity contribution is 6.87. The predicted octanol–water partition coefficient (Wildman–Crippen LogP) is 2.63. The van der Waals surface area contributed by atoms with Crippen molar-refractivity contribution in [2.24, 2.45) is 0 Å². The minimum absolute atomic E-state index is 0.387. The molecule has 3 aromatic rings. The zero-order chi connectivity index (χ0) is 16.8. The van der Waals surface area contributed by atoms with Gasteiger partial charge in [-0.15, -0.1) is 0 Å². The van der Waals surface area contributed by atoms with Crippen molar-refractivity contribution in [1.82, 2.24) is 14.8 Å². The molecule has 3 rings (SSSR count). The monoisotopic (exact) mass is 329 g/mol. The second kappa shape index (κ2) is 5.34. The van der Waals surface area contributed by atoms with Crippen LogP contribution in [-0.2, 0) is 4.74 Å². The average molecular weight is 329 g/mol. The number of aryl methyl sites for hydroxylation is 1. The van der Waals surface area contributed by atoms with E-state index in [1.54, 1.807) is 16.6 Å². The first-order valence-corrected chi connectivity index (χ1v) is 10.9. The lowest BCUT2D eigenvalue weighted by Gasteiger charge is -2.09. The van der Waals surface area contributed by atoms with E-state index in [1.165, 1.54) is 7.11 Å². The highest BCUT2D eigenvalue weighted by atomic mass is 28.3. The van der Waals surface area contributed by atoms with Crippen molar-refractivity contribution >= 4 is 24.9 Å². The molecule has 0 aromatic carbocycles. The summed E-state index contributed by atoms with van der Waals surface area (Å²) in [5, 5.41) is 9.58. The predicted molar refractivity (Wildman–Crippen MR) is 89.7 cm³/mol.